The van der Waals surface area contributed by atoms with Crippen LogP contribution in [0.3, 0.4) is 0 Å². The van der Waals surface area contributed by atoms with Crippen LogP contribution in [0.2, 0.25) is 0 Å². The van der Waals surface area contributed by atoms with Crippen LogP contribution in [0.25, 0.3) is 0 Å². The number of carbonyl (C=O) groups excluding carboxylic acids is 1. The molecule has 2 aliphatic rings. The highest BCUT2D eigenvalue weighted by molar-refractivity contribution is 5.62. The first-order valence-electron chi connectivity index (χ1n) is 7.19. The van der Waals surface area contributed by atoms with E-state index in [0.717, 1.165) is 31.4 Å². The Balaban J connectivity index is 1.61. The molecule has 0 aromatic carbocycles. The third-order valence-corrected chi connectivity index (χ3v) is 4.92. The van der Waals surface area contributed by atoms with Gasteiger partial charge in [-0.25, -0.2) is 8.78 Å². The maximum atomic E-state index is 12.7. The number of carboxylic acid groups (broad SMARTS) is 1. The fourth-order valence-corrected chi connectivity index (χ4v) is 3.59. The Labute approximate surface area is 121 Å². The Kier molecular flexibility index (Phi) is 3.55. The lowest BCUT2D eigenvalue weighted by atomic mass is 9.56. The van der Waals surface area contributed by atoms with Crippen molar-refractivity contribution < 1.29 is 18.7 Å². The molecule has 114 valence electrons. The molecule has 1 aromatic heterocycles. The van der Waals surface area contributed by atoms with Crippen molar-refractivity contribution in [3.63, 3.8) is 0 Å². The van der Waals surface area contributed by atoms with Crippen molar-refractivity contribution >= 4 is 6.09 Å². The molecule has 1 amide bonds. The summed E-state index contributed by atoms with van der Waals surface area (Å²) in [6.07, 6.45) is 1.35. The summed E-state index contributed by atoms with van der Waals surface area (Å²) in [6.45, 7) is 1.03. The predicted octanol–water partition coefficient (Wildman–Crippen LogP) is 2.32. The number of alkyl halides is 2. The van der Waals surface area contributed by atoms with Gasteiger partial charge in [0.15, 0.2) is 0 Å². The molecule has 1 saturated heterocycles. The minimum absolute atomic E-state index is 0.0210. The molecule has 6 heteroatoms. The molecule has 1 aliphatic heterocycles. The van der Waals surface area contributed by atoms with Gasteiger partial charge in [0.25, 0.3) is 6.43 Å². The van der Waals surface area contributed by atoms with Crippen LogP contribution in [-0.4, -0.2) is 29.1 Å². The summed E-state index contributed by atoms with van der Waals surface area (Å²) in [5.74, 6) is 0.221. The number of likely N-dealkylation sites (tertiary alicyclic amines) is 1. The Hall–Kier alpha value is -1.72. The van der Waals surface area contributed by atoms with Gasteiger partial charge in [-0.05, 0) is 43.2 Å². The molecule has 4 nitrogen and oxygen atoms in total. The second-order valence-electron chi connectivity index (χ2n) is 6.17. The van der Waals surface area contributed by atoms with Crippen molar-refractivity contribution in [1.29, 1.82) is 0 Å². The van der Waals surface area contributed by atoms with Crippen molar-refractivity contribution in [1.82, 2.24) is 9.88 Å². The van der Waals surface area contributed by atoms with E-state index in [2.05, 4.69) is 4.98 Å². The Bertz CT molecular complexity index is 534. The zero-order valence-corrected chi connectivity index (χ0v) is 11.6. The topological polar surface area (TPSA) is 56.3 Å². The van der Waals surface area contributed by atoms with Crippen molar-refractivity contribution in [3.8, 4) is 0 Å². The molecule has 1 aromatic rings. The molecular weight excluding hydrogens is 278 g/mol. The Morgan fingerprint density at radius 2 is 2.05 bits per heavy atom. The molecule has 2 heterocycles. The standard InChI is InChI=1S/C15H18F2N2O2/c16-13(17)10-1-4-18-12(7-10)11-8-15(9-11)2-5-19(6-3-15)14(20)21/h1,4,7,11,13H,2-3,5-6,8-9H2,(H,20,21)/p-1. The quantitative estimate of drug-likeness (QED) is 0.841. The van der Waals surface area contributed by atoms with Gasteiger partial charge >= 0.3 is 0 Å². The van der Waals surface area contributed by atoms with Crippen LogP contribution in [0.15, 0.2) is 18.3 Å². The summed E-state index contributed by atoms with van der Waals surface area (Å²) >= 11 is 0. The number of carbonyl (C=O) groups is 1. The van der Waals surface area contributed by atoms with Crippen LogP contribution in [-0.2, 0) is 0 Å². The number of pyridine rings is 1. The number of aromatic nitrogens is 1. The van der Waals surface area contributed by atoms with Crippen molar-refractivity contribution in [2.75, 3.05) is 13.1 Å². The van der Waals surface area contributed by atoms with E-state index >= 15 is 0 Å². The lowest BCUT2D eigenvalue weighted by Crippen LogP contribution is -2.51. The van der Waals surface area contributed by atoms with E-state index in [0.29, 0.717) is 13.1 Å². The Morgan fingerprint density at radius 3 is 2.62 bits per heavy atom. The highest BCUT2D eigenvalue weighted by atomic mass is 19.3. The van der Waals surface area contributed by atoms with Gasteiger partial charge in [0.2, 0.25) is 0 Å². The lowest BCUT2D eigenvalue weighted by Gasteiger charge is -2.52. The van der Waals surface area contributed by atoms with E-state index in [-0.39, 0.29) is 16.9 Å². The number of piperidine rings is 1. The summed E-state index contributed by atoms with van der Waals surface area (Å²) in [5, 5.41) is 10.8. The van der Waals surface area contributed by atoms with E-state index in [1.165, 1.54) is 23.2 Å². The van der Waals surface area contributed by atoms with Crippen LogP contribution in [0.1, 0.15) is 49.3 Å². The molecule has 2 fully saturated rings. The summed E-state index contributed by atoms with van der Waals surface area (Å²) < 4.78 is 25.4. The molecule has 0 bridgehead atoms. The zero-order valence-electron chi connectivity index (χ0n) is 11.6. The van der Waals surface area contributed by atoms with Gasteiger partial charge in [-0.15, -0.1) is 0 Å². The highest BCUT2D eigenvalue weighted by Crippen LogP contribution is 2.56. The molecule has 3 rings (SSSR count). The second-order valence-corrected chi connectivity index (χ2v) is 6.17. The van der Waals surface area contributed by atoms with Crippen molar-refractivity contribution in [2.45, 2.75) is 38.0 Å². The molecule has 0 unspecified atom stereocenters. The first-order chi connectivity index (χ1) is 9.99. The Morgan fingerprint density at radius 1 is 1.38 bits per heavy atom. The number of rotatable bonds is 2. The molecule has 0 radical (unpaired) electrons. The van der Waals surface area contributed by atoms with Gasteiger partial charge in [0.05, 0.1) is 0 Å². The summed E-state index contributed by atoms with van der Waals surface area (Å²) in [5.41, 5.74) is 0.924. The minimum Gasteiger partial charge on any atom is -0.530 e. The monoisotopic (exact) mass is 295 g/mol. The van der Waals surface area contributed by atoms with E-state index in [1.807, 2.05) is 0 Å². The van der Waals surface area contributed by atoms with E-state index < -0.39 is 12.5 Å². The number of hydrogen-bond donors (Lipinski definition) is 0. The molecular formula is C15H17F2N2O2-. The average molecular weight is 295 g/mol. The lowest BCUT2D eigenvalue weighted by molar-refractivity contribution is -0.267. The van der Waals surface area contributed by atoms with Crippen LogP contribution in [0, 0.1) is 5.41 Å². The fraction of sp³-hybridized carbons (Fsp3) is 0.600. The number of halogens is 2. The average Bonchev–Trinajstić information content (AvgIpc) is 2.45. The number of amides is 1. The maximum absolute atomic E-state index is 12.7. The minimum atomic E-state index is -2.47. The molecule has 0 atom stereocenters. The van der Waals surface area contributed by atoms with Gasteiger partial charge in [0.1, 0.15) is 6.09 Å². The first kappa shape index (κ1) is 14.2. The third kappa shape index (κ3) is 2.71. The normalized spacial score (nSPS) is 21.6. The van der Waals surface area contributed by atoms with Gasteiger partial charge in [0, 0.05) is 36.5 Å². The second kappa shape index (κ2) is 5.24. The number of hydrogen-bond acceptors (Lipinski definition) is 3. The van der Waals surface area contributed by atoms with Gasteiger partial charge in [-0.1, -0.05) is 0 Å². The maximum Gasteiger partial charge on any atom is 0.263 e. The number of nitrogens with zero attached hydrogens (tertiary/aromatic N) is 2. The van der Waals surface area contributed by atoms with Crippen molar-refractivity contribution in [3.05, 3.63) is 29.6 Å². The van der Waals surface area contributed by atoms with Crippen LogP contribution in [0.4, 0.5) is 13.6 Å². The molecule has 1 spiro atoms. The summed E-state index contributed by atoms with van der Waals surface area (Å²) in [7, 11) is 0. The van der Waals surface area contributed by atoms with Gasteiger partial charge < -0.3 is 14.8 Å². The largest absolute Gasteiger partial charge is 0.530 e. The first-order valence-corrected chi connectivity index (χ1v) is 7.19. The van der Waals surface area contributed by atoms with E-state index in [1.54, 1.807) is 0 Å². The SMILES string of the molecule is O=C([O-])N1CCC2(CC1)CC(c1cc(C(F)F)ccn1)C2. The zero-order chi connectivity index (χ0) is 15.0. The summed E-state index contributed by atoms with van der Waals surface area (Å²) in [4.78, 5) is 16.4. The fourth-order valence-electron chi connectivity index (χ4n) is 3.59. The van der Waals surface area contributed by atoms with Crippen LogP contribution < -0.4 is 5.11 Å². The molecule has 0 N–H and O–H groups in total. The third-order valence-electron chi connectivity index (χ3n) is 4.92. The van der Waals surface area contributed by atoms with Crippen LogP contribution >= 0.6 is 0 Å². The smallest absolute Gasteiger partial charge is 0.263 e. The molecule has 21 heavy (non-hydrogen) atoms. The predicted molar refractivity (Wildman–Crippen MR) is 69.8 cm³/mol. The van der Waals surface area contributed by atoms with E-state index in [9.17, 15) is 18.7 Å². The highest BCUT2D eigenvalue weighted by Gasteiger charge is 2.46. The molecule has 1 saturated carbocycles. The van der Waals surface area contributed by atoms with Crippen molar-refractivity contribution in [2.24, 2.45) is 5.41 Å². The van der Waals surface area contributed by atoms with Crippen LogP contribution in [0.5, 0.6) is 0 Å². The van der Waals surface area contributed by atoms with Gasteiger partial charge in [-0.3, -0.25) is 4.98 Å². The van der Waals surface area contributed by atoms with E-state index in [4.69, 9.17) is 0 Å². The summed E-state index contributed by atoms with van der Waals surface area (Å²) in [6, 6.07) is 2.85. The van der Waals surface area contributed by atoms with Gasteiger partial charge in [-0.2, -0.15) is 0 Å². The molecule has 1 aliphatic carbocycles.